The fourth-order valence-electron chi connectivity index (χ4n) is 4.35. The Kier molecular flexibility index (Phi) is 6.03. The molecule has 0 saturated carbocycles. The molecule has 0 bridgehead atoms. The first kappa shape index (κ1) is 22.5. The first-order valence-electron chi connectivity index (χ1n) is 11.1. The number of rotatable bonds is 6. The molecule has 0 aliphatic carbocycles. The summed E-state index contributed by atoms with van der Waals surface area (Å²) in [5.41, 5.74) is 2.18. The highest BCUT2D eigenvalue weighted by atomic mass is 32.2. The number of nitrogens with zero attached hydrogens (tertiary/aromatic N) is 5. The van der Waals surface area contributed by atoms with Crippen molar-refractivity contribution in [1.29, 1.82) is 0 Å². The highest BCUT2D eigenvalue weighted by Crippen LogP contribution is 2.30. The van der Waals surface area contributed by atoms with Gasteiger partial charge >= 0.3 is 0 Å². The van der Waals surface area contributed by atoms with E-state index in [0.29, 0.717) is 32.1 Å². The molecule has 0 spiro atoms. The van der Waals surface area contributed by atoms with Crippen LogP contribution < -0.4 is 4.90 Å². The molecule has 2 aliphatic heterocycles. The van der Waals surface area contributed by atoms with Crippen molar-refractivity contribution in [3.8, 4) is 11.1 Å². The van der Waals surface area contributed by atoms with E-state index in [0.717, 1.165) is 15.4 Å². The average Bonchev–Trinajstić information content (AvgIpc) is 3.06. The van der Waals surface area contributed by atoms with E-state index in [4.69, 9.17) is 0 Å². The maximum atomic E-state index is 12.7. The largest absolute Gasteiger partial charge is 0.390 e. The van der Waals surface area contributed by atoms with Gasteiger partial charge in [0.2, 0.25) is 5.95 Å². The minimum absolute atomic E-state index is 0.000836. The fourth-order valence-corrected chi connectivity index (χ4v) is 5.96. The molecule has 9 nitrogen and oxygen atoms in total. The van der Waals surface area contributed by atoms with Gasteiger partial charge in [0.05, 0.1) is 18.2 Å². The number of carbonyl (C=O) groups is 1. The van der Waals surface area contributed by atoms with E-state index < -0.39 is 22.0 Å². The third-order valence-electron chi connectivity index (χ3n) is 6.16. The lowest BCUT2D eigenvalue weighted by Crippen LogP contribution is -2.50. The van der Waals surface area contributed by atoms with E-state index in [9.17, 15) is 18.3 Å². The summed E-state index contributed by atoms with van der Waals surface area (Å²) in [6.45, 7) is 2.72. The van der Waals surface area contributed by atoms with Crippen molar-refractivity contribution in [2.45, 2.75) is 11.0 Å². The van der Waals surface area contributed by atoms with Crippen molar-refractivity contribution in [1.82, 2.24) is 19.2 Å². The SMILES string of the molecule is O=C1c2ccccc2S(=O)(=O)N1CC(O)CN1CCN(c2ncc(-c3ccccc3)cn2)CC1. The van der Waals surface area contributed by atoms with E-state index in [-0.39, 0.29) is 23.5 Å². The van der Waals surface area contributed by atoms with Crippen LogP contribution in [0.4, 0.5) is 5.95 Å². The molecule has 1 N–H and O–H groups in total. The number of amides is 1. The summed E-state index contributed by atoms with van der Waals surface area (Å²) in [6.07, 6.45) is 2.65. The number of hydrogen-bond donors (Lipinski definition) is 1. The Balaban J connectivity index is 1.15. The van der Waals surface area contributed by atoms with Crippen LogP contribution in [0.3, 0.4) is 0 Å². The number of β-amino-alcohol motifs (C(OH)–C–C–N with tert-alkyl or cyclic N) is 1. The van der Waals surface area contributed by atoms with Gasteiger partial charge in [-0.3, -0.25) is 9.69 Å². The molecule has 3 aromatic rings. The molecule has 34 heavy (non-hydrogen) atoms. The Morgan fingerprint density at radius 2 is 1.50 bits per heavy atom. The number of fused-ring (bicyclic) bond motifs is 1. The molecule has 0 radical (unpaired) electrons. The van der Waals surface area contributed by atoms with Gasteiger partial charge in [-0.05, 0) is 17.7 Å². The molecule has 10 heteroatoms. The van der Waals surface area contributed by atoms with Crippen LogP contribution in [-0.4, -0.2) is 84.0 Å². The second kappa shape index (κ2) is 9.13. The van der Waals surface area contributed by atoms with Gasteiger partial charge in [-0.15, -0.1) is 0 Å². The summed E-state index contributed by atoms with van der Waals surface area (Å²) < 4.78 is 26.2. The number of piperazine rings is 1. The summed E-state index contributed by atoms with van der Waals surface area (Å²) >= 11 is 0. The molecule has 5 rings (SSSR count). The smallest absolute Gasteiger partial charge is 0.269 e. The molecule has 2 aliphatic rings. The number of aliphatic hydroxyl groups excluding tert-OH is 1. The van der Waals surface area contributed by atoms with Gasteiger partial charge in [-0.1, -0.05) is 42.5 Å². The second-order valence-electron chi connectivity index (χ2n) is 8.42. The Hall–Kier alpha value is -3.34. The van der Waals surface area contributed by atoms with Gasteiger partial charge < -0.3 is 10.0 Å². The van der Waals surface area contributed by atoms with Crippen LogP contribution in [0.15, 0.2) is 71.9 Å². The standard InChI is InChI=1S/C24H25N5O4S/c30-20(17-29-23(31)21-8-4-5-9-22(21)34(29,32)33)16-27-10-12-28(13-11-27)24-25-14-19(15-26-24)18-6-2-1-3-7-18/h1-9,14-15,20,30H,10-13,16-17H2. The zero-order valence-electron chi connectivity index (χ0n) is 18.5. The van der Waals surface area contributed by atoms with Crippen LogP contribution in [0, 0.1) is 0 Å². The lowest BCUT2D eigenvalue weighted by atomic mass is 10.1. The summed E-state index contributed by atoms with van der Waals surface area (Å²) in [4.78, 5) is 25.7. The van der Waals surface area contributed by atoms with Crippen molar-refractivity contribution in [2.75, 3.05) is 44.2 Å². The van der Waals surface area contributed by atoms with Crippen LogP contribution in [-0.2, 0) is 10.0 Å². The molecule has 176 valence electrons. The molecule has 1 aromatic heterocycles. The topological polar surface area (TPSA) is 107 Å². The van der Waals surface area contributed by atoms with Gasteiger partial charge in [-0.25, -0.2) is 22.7 Å². The fraction of sp³-hybridized carbons (Fsp3) is 0.292. The van der Waals surface area contributed by atoms with Crippen molar-refractivity contribution in [3.63, 3.8) is 0 Å². The monoisotopic (exact) mass is 479 g/mol. The van der Waals surface area contributed by atoms with Crippen molar-refractivity contribution in [2.24, 2.45) is 0 Å². The molecule has 1 amide bonds. The van der Waals surface area contributed by atoms with Crippen LogP contribution in [0.5, 0.6) is 0 Å². The quantitative estimate of drug-likeness (QED) is 0.567. The second-order valence-corrected chi connectivity index (χ2v) is 10.2. The number of anilines is 1. The molecule has 1 unspecified atom stereocenters. The van der Waals surface area contributed by atoms with Gasteiger partial charge in [-0.2, -0.15) is 0 Å². The van der Waals surface area contributed by atoms with E-state index in [2.05, 4.69) is 19.8 Å². The number of benzene rings is 2. The van der Waals surface area contributed by atoms with Crippen molar-refractivity contribution >= 4 is 21.9 Å². The first-order chi connectivity index (χ1) is 16.4. The molecule has 2 aromatic carbocycles. The Morgan fingerprint density at radius 3 is 2.18 bits per heavy atom. The summed E-state index contributed by atoms with van der Waals surface area (Å²) in [7, 11) is -3.92. The predicted octanol–water partition coefficient (Wildman–Crippen LogP) is 1.47. The first-order valence-corrected chi connectivity index (χ1v) is 12.6. The third-order valence-corrected chi connectivity index (χ3v) is 7.96. The molecular formula is C24H25N5O4S. The Labute approximate surface area is 198 Å². The van der Waals surface area contributed by atoms with E-state index in [1.165, 1.54) is 12.1 Å². The lowest BCUT2D eigenvalue weighted by Gasteiger charge is -2.36. The number of aromatic nitrogens is 2. The number of carbonyl (C=O) groups excluding carboxylic acids is 1. The van der Waals surface area contributed by atoms with Crippen LogP contribution in [0.25, 0.3) is 11.1 Å². The third kappa shape index (κ3) is 4.27. The van der Waals surface area contributed by atoms with Crippen molar-refractivity contribution < 1.29 is 18.3 Å². The van der Waals surface area contributed by atoms with Crippen LogP contribution >= 0.6 is 0 Å². The zero-order chi connectivity index (χ0) is 23.7. The maximum absolute atomic E-state index is 12.7. The molecule has 1 atom stereocenters. The number of hydrogen-bond acceptors (Lipinski definition) is 8. The van der Waals surface area contributed by atoms with Crippen LogP contribution in [0.1, 0.15) is 10.4 Å². The summed E-state index contributed by atoms with van der Waals surface area (Å²) in [6, 6.07) is 16.1. The number of sulfonamides is 1. The van der Waals surface area contributed by atoms with E-state index in [1.807, 2.05) is 42.7 Å². The van der Waals surface area contributed by atoms with E-state index in [1.54, 1.807) is 12.1 Å². The minimum atomic E-state index is -3.92. The van der Waals surface area contributed by atoms with E-state index >= 15 is 0 Å². The molecular weight excluding hydrogens is 454 g/mol. The molecule has 1 saturated heterocycles. The summed E-state index contributed by atoms with van der Waals surface area (Å²) in [5, 5.41) is 10.6. The normalized spacial score (nSPS) is 18.7. The lowest BCUT2D eigenvalue weighted by molar-refractivity contribution is 0.0700. The minimum Gasteiger partial charge on any atom is -0.390 e. The van der Waals surface area contributed by atoms with Gasteiger partial charge in [0.25, 0.3) is 15.9 Å². The van der Waals surface area contributed by atoms with Gasteiger partial charge in [0.15, 0.2) is 0 Å². The highest BCUT2D eigenvalue weighted by Gasteiger charge is 2.41. The Morgan fingerprint density at radius 1 is 0.853 bits per heavy atom. The van der Waals surface area contributed by atoms with Crippen molar-refractivity contribution in [3.05, 3.63) is 72.6 Å². The summed E-state index contributed by atoms with van der Waals surface area (Å²) in [5.74, 6) is 0.0713. The van der Waals surface area contributed by atoms with Crippen LogP contribution in [0.2, 0.25) is 0 Å². The zero-order valence-corrected chi connectivity index (χ0v) is 19.3. The average molecular weight is 480 g/mol. The number of aliphatic hydroxyl groups is 1. The molecule has 3 heterocycles. The predicted molar refractivity (Wildman–Crippen MR) is 127 cm³/mol. The van der Waals surface area contributed by atoms with Gasteiger partial charge in [0.1, 0.15) is 4.90 Å². The highest BCUT2D eigenvalue weighted by molar-refractivity contribution is 7.90. The van der Waals surface area contributed by atoms with Gasteiger partial charge in [0, 0.05) is 50.7 Å². The molecule has 1 fully saturated rings. The Bertz CT molecular complexity index is 1280. The maximum Gasteiger partial charge on any atom is 0.269 e.